The molecule has 3 aliphatic heterocycles. The Labute approximate surface area is 164 Å². The molecule has 28 heavy (non-hydrogen) atoms. The van der Waals surface area contributed by atoms with Crippen LogP contribution in [-0.4, -0.2) is 61.8 Å². The van der Waals surface area contributed by atoms with Gasteiger partial charge in [0.05, 0.1) is 12.3 Å². The van der Waals surface area contributed by atoms with Crippen LogP contribution in [-0.2, 0) is 9.53 Å². The van der Waals surface area contributed by atoms with Gasteiger partial charge >= 0.3 is 6.03 Å². The van der Waals surface area contributed by atoms with Gasteiger partial charge in [0.1, 0.15) is 5.75 Å². The maximum absolute atomic E-state index is 12.4. The number of rotatable bonds is 5. The van der Waals surface area contributed by atoms with Crippen molar-refractivity contribution in [1.29, 1.82) is 0 Å². The molecule has 8 heteroatoms. The number of urea groups is 1. The number of anilines is 2. The van der Waals surface area contributed by atoms with E-state index in [0.29, 0.717) is 35.6 Å². The van der Waals surface area contributed by atoms with Gasteiger partial charge in [0, 0.05) is 30.8 Å². The second kappa shape index (κ2) is 8.36. The van der Waals surface area contributed by atoms with Crippen LogP contribution in [0.15, 0.2) is 18.2 Å². The van der Waals surface area contributed by atoms with Crippen LogP contribution in [0.4, 0.5) is 16.2 Å². The van der Waals surface area contributed by atoms with Gasteiger partial charge in [-0.1, -0.05) is 0 Å². The molecule has 1 aromatic carbocycles. The van der Waals surface area contributed by atoms with Crippen LogP contribution in [0.1, 0.15) is 26.2 Å². The van der Waals surface area contributed by atoms with E-state index in [1.807, 2.05) is 0 Å². The van der Waals surface area contributed by atoms with E-state index < -0.39 is 6.10 Å². The van der Waals surface area contributed by atoms with Gasteiger partial charge in [0.2, 0.25) is 0 Å². The lowest BCUT2D eigenvalue weighted by atomic mass is 9.97. The second-order valence-corrected chi connectivity index (χ2v) is 7.73. The summed E-state index contributed by atoms with van der Waals surface area (Å²) in [5.74, 6) is 0.881. The maximum atomic E-state index is 12.4. The number of ether oxygens (including phenoxy) is 2. The monoisotopic (exact) mass is 388 g/mol. The van der Waals surface area contributed by atoms with Crippen LogP contribution in [0.3, 0.4) is 0 Å². The first kappa shape index (κ1) is 19.0. The topological polar surface area (TPSA) is 91.9 Å². The molecule has 0 saturated carbocycles. The van der Waals surface area contributed by atoms with Crippen LogP contribution >= 0.6 is 0 Å². The predicted octanol–water partition coefficient (Wildman–Crippen LogP) is 2.03. The van der Waals surface area contributed by atoms with E-state index in [2.05, 4.69) is 20.9 Å². The quantitative estimate of drug-likeness (QED) is 0.718. The third-order valence-corrected chi connectivity index (χ3v) is 5.76. The van der Waals surface area contributed by atoms with Crippen LogP contribution in [0.25, 0.3) is 0 Å². The minimum absolute atomic E-state index is 0.193. The molecule has 3 N–H and O–H groups in total. The number of carbonyl (C=O) groups excluding carboxylic acids is 2. The molecule has 3 amide bonds. The molecule has 4 rings (SSSR count). The summed E-state index contributed by atoms with van der Waals surface area (Å²) in [5.41, 5.74) is 1.18. The molecule has 3 heterocycles. The van der Waals surface area contributed by atoms with Gasteiger partial charge in [0.25, 0.3) is 5.91 Å². The molecule has 152 valence electrons. The smallest absolute Gasteiger partial charge is 0.319 e. The Kier molecular flexibility index (Phi) is 5.68. The molecule has 0 aromatic heterocycles. The number of benzene rings is 1. The number of nitrogens with zero attached hydrogens (tertiary/aromatic N) is 1. The van der Waals surface area contributed by atoms with E-state index in [1.165, 1.54) is 12.8 Å². The van der Waals surface area contributed by atoms with Gasteiger partial charge in [-0.05, 0) is 57.5 Å². The normalized spacial score (nSPS) is 25.5. The summed E-state index contributed by atoms with van der Waals surface area (Å²) < 4.78 is 11.1. The Balaban J connectivity index is 1.34. The number of likely N-dealkylation sites (tertiary alicyclic amines) is 1. The molecule has 0 aliphatic carbocycles. The van der Waals surface area contributed by atoms with Gasteiger partial charge in [-0.15, -0.1) is 0 Å². The summed E-state index contributed by atoms with van der Waals surface area (Å²) in [5, 5.41) is 8.65. The Bertz CT molecular complexity index is 713. The first-order valence-corrected chi connectivity index (χ1v) is 10.1. The lowest BCUT2D eigenvalue weighted by Gasteiger charge is -2.32. The summed E-state index contributed by atoms with van der Waals surface area (Å²) >= 11 is 0. The lowest BCUT2D eigenvalue weighted by molar-refractivity contribution is -0.122. The first-order valence-electron chi connectivity index (χ1n) is 10.1. The number of amides is 3. The second-order valence-electron chi connectivity index (χ2n) is 7.73. The number of hydrogen-bond acceptors (Lipinski definition) is 5. The van der Waals surface area contributed by atoms with Crippen LogP contribution in [0.5, 0.6) is 5.75 Å². The summed E-state index contributed by atoms with van der Waals surface area (Å²) in [4.78, 5) is 26.7. The van der Waals surface area contributed by atoms with Crippen molar-refractivity contribution in [1.82, 2.24) is 10.2 Å². The van der Waals surface area contributed by atoms with Crippen LogP contribution in [0, 0.1) is 5.92 Å². The molecule has 0 radical (unpaired) electrons. The van der Waals surface area contributed by atoms with Gasteiger partial charge < -0.3 is 25.4 Å². The van der Waals surface area contributed by atoms with E-state index in [-0.39, 0.29) is 11.9 Å². The molecule has 1 aromatic rings. The van der Waals surface area contributed by atoms with Crippen molar-refractivity contribution in [3.63, 3.8) is 0 Å². The number of hydrogen-bond donors (Lipinski definition) is 3. The first-order chi connectivity index (χ1) is 13.6. The SMILES string of the molecule is C[C@@H]1Oc2ccc(NC(=O)NC[C@@H]([C@H]3CCOC3)N3CCCC3)cc2NC1=O. The zero-order valence-electron chi connectivity index (χ0n) is 16.2. The fraction of sp³-hybridized carbons (Fsp3) is 0.600. The highest BCUT2D eigenvalue weighted by Crippen LogP contribution is 2.32. The molecule has 0 spiro atoms. The molecular weight excluding hydrogens is 360 g/mol. The third kappa shape index (κ3) is 4.23. The Morgan fingerprint density at radius 1 is 1.36 bits per heavy atom. The molecule has 3 aliphatic rings. The van der Waals surface area contributed by atoms with Crippen LogP contribution < -0.4 is 20.7 Å². The van der Waals surface area contributed by atoms with E-state index in [0.717, 1.165) is 32.7 Å². The largest absolute Gasteiger partial charge is 0.479 e. The molecular formula is C20H28N4O4. The van der Waals surface area contributed by atoms with E-state index in [9.17, 15) is 9.59 Å². The van der Waals surface area contributed by atoms with Gasteiger partial charge in [-0.3, -0.25) is 9.69 Å². The third-order valence-electron chi connectivity index (χ3n) is 5.76. The van der Waals surface area contributed by atoms with Crippen molar-refractivity contribution >= 4 is 23.3 Å². The summed E-state index contributed by atoms with van der Waals surface area (Å²) in [6.45, 7) is 6.06. The Morgan fingerprint density at radius 2 is 2.18 bits per heavy atom. The van der Waals surface area contributed by atoms with Crippen molar-refractivity contribution in [3.8, 4) is 5.75 Å². The molecule has 3 atom stereocenters. The summed E-state index contributed by atoms with van der Waals surface area (Å²) in [6.07, 6.45) is 2.97. The number of fused-ring (bicyclic) bond motifs is 1. The minimum atomic E-state index is -0.517. The van der Waals surface area contributed by atoms with Crippen molar-refractivity contribution < 1.29 is 19.1 Å². The standard InChI is InChI=1S/C20H28N4O4/c1-13-19(25)23-16-10-15(4-5-18(16)28-13)22-20(26)21-11-17(14-6-9-27-12-14)24-7-2-3-8-24/h4-5,10,13-14,17H,2-3,6-9,11-12H2,1H3,(H,23,25)(H2,21,22,26)/t13-,14-,17-/m0/s1. The fourth-order valence-electron chi connectivity index (χ4n) is 4.18. The molecule has 2 saturated heterocycles. The van der Waals surface area contributed by atoms with Crippen molar-refractivity contribution in [2.24, 2.45) is 5.92 Å². The average molecular weight is 388 g/mol. The highest BCUT2D eigenvalue weighted by atomic mass is 16.5. The van der Waals surface area contributed by atoms with Crippen molar-refractivity contribution in [3.05, 3.63) is 18.2 Å². The fourth-order valence-corrected chi connectivity index (χ4v) is 4.18. The number of carbonyl (C=O) groups is 2. The average Bonchev–Trinajstić information content (AvgIpc) is 3.38. The van der Waals surface area contributed by atoms with Gasteiger partial charge in [-0.2, -0.15) is 0 Å². The van der Waals surface area contributed by atoms with Crippen LogP contribution in [0.2, 0.25) is 0 Å². The zero-order chi connectivity index (χ0) is 19.5. The molecule has 0 unspecified atom stereocenters. The van der Waals surface area contributed by atoms with Gasteiger partial charge in [-0.25, -0.2) is 4.79 Å². The number of nitrogens with one attached hydrogen (secondary N) is 3. The summed E-state index contributed by atoms with van der Waals surface area (Å²) in [7, 11) is 0. The highest BCUT2D eigenvalue weighted by molar-refractivity contribution is 5.99. The highest BCUT2D eigenvalue weighted by Gasteiger charge is 2.32. The Hall–Kier alpha value is -2.32. The Morgan fingerprint density at radius 3 is 2.93 bits per heavy atom. The molecule has 0 bridgehead atoms. The lowest BCUT2D eigenvalue weighted by Crippen LogP contribution is -2.48. The van der Waals surface area contributed by atoms with Gasteiger partial charge in [0.15, 0.2) is 6.10 Å². The maximum Gasteiger partial charge on any atom is 0.319 e. The zero-order valence-corrected chi connectivity index (χ0v) is 16.2. The van der Waals surface area contributed by atoms with Crippen molar-refractivity contribution in [2.75, 3.05) is 43.5 Å². The molecule has 8 nitrogen and oxygen atoms in total. The van der Waals surface area contributed by atoms with E-state index in [4.69, 9.17) is 9.47 Å². The van der Waals surface area contributed by atoms with E-state index in [1.54, 1.807) is 25.1 Å². The van der Waals surface area contributed by atoms with E-state index >= 15 is 0 Å². The summed E-state index contributed by atoms with van der Waals surface area (Å²) in [6, 6.07) is 5.30. The predicted molar refractivity (Wildman–Crippen MR) is 106 cm³/mol. The van der Waals surface area contributed by atoms with Crippen molar-refractivity contribution in [2.45, 2.75) is 38.3 Å². The molecule has 2 fully saturated rings. The minimum Gasteiger partial charge on any atom is -0.479 e.